The molecule has 0 aliphatic carbocycles. The average molecular weight is 348 g/mol. The summed E-state index contributed by atoms with van der Waals surface area (Å²) >= 11 is 0. The maximum Gasteiger partial charge on any atom is 0.266 e. The van der Waals surface area contributed by atoms with Gasteiger partial charge in [-0.3, -0.25) is 4.79 Å². The van der Waals surface area contributed by atoms with E-state index in [9.17, 15) is 10.1 Å². The molecule has 0 bridgehead atoms. The molecule has 0 aromatic heterocycles. The van der Waals surface area contributed by atoms with Crippen molar-refractivity contribution in [1.82, 2.24) is 10.2 Å². The van der Waals surface area contributed by atoms with Crippen molar-refractivity contribution in [2.45, 2.75) is 0 Å². The lowest BCUT2D eigenvalue weighted by atomic mass is 10.2. The Morgan fingerprint density at radius 1 is 1.08 bits per heavy atom. The Morgan fingerprint density at radius 2 is 1.73 bits per heavy atom. The number of ether oxygens (including phenoxy) is 1. The summed E-state index contributed by atoms with van der Waals surface area (Å²) in [6.07, 6.45) is 1.46. The van der Waals surface area contributed by atoms with Crippen LogP contribution in [0.25, 0.3) is 0 Å². The number of para-hydroxylation sites is 1. The Bertz CT molecular complexity index is 804. The molecule has 0 atom stereocenters. The summed E-state index contributed by atoms with van der Waals surface area (Å²) in [7, 11) is 0. The molecule has 3 rings (SSSR count). The lowest BCUT2D eigenvalue weighted by Crippen LogP contribution is -2.46. The Hall–Kier alpha value is -3.30. The number of nitrogens with one attached hydrogen (secondary N) is 2. The van der Waals surface area contributed by atoms with Gasteiger partial charge >= 0.3 is 0 Å². The van der Waals surface area contributed by atoms with Gasteiger partial charge < -0.3 is 20.3 Å². The van der Waals surface area contributed by atoms with Crippen LogP contribution in [0.2, 0.25) is 0 Å². The van der Waals surface area contributed by atoms with Gasteiger partial charge in [0.05, 0.1) is 0 Å². The second-order valence-corrected chi connectivity index (χ2v) is 5.80. The zero-order chi connectivity index (χ0) is 18.2. The fourth-order valence-corrected chi connectivity index (χ4v) is 2.58. The van der Waals surface area contributed by atoms with Gasteiger partial charge in [-0.25, -0.2) is 0 Å². The number of anilines is 1. The zero-order valence-electron chi connectivity index (χ0n) is 14.3. The van der Waals surface area contributed by atoms with E-state index in [0.717, 1.165) is 24.5 Å². The molecule has 1 aliphatic rings. The molecule has 1 aliphatic heterocycles. The molecule has 26 heavy (non-hydrogen) atoms. The second kappa shape index (κ2) is 8.70. The minimum atomic E-state index is -0.245. The van der Waals surface area contributed by atoms with E-state index < -0.39 is 0 Å². The lowest BCUT2D eigenvalue weighted by molar-refractivity contribution is -0.127. The van der Waals surface area contributed by atoms with Crippen LogP contribution in [0.1, 0.15) is 0 Å². The van der Waals surface area contributed by atoms with Crippen molar-refractivity contribution in [3.8, 4) is 17.6 Å². The predicted octanol–water partition coefficient (Wildman–Crippen LogP) is 2.73. The Kier molecular flexibility index (Phi) is 5.86. The first-order valence-electron chi connectivity index (χ1n) is 8.46. The smallest absolute Gasteiger partial charge is 0.266 e. The summed E-state index contributed by atoms with van der Waals surface area (Å²) in [5, 5.41) is 15.5. The fraction of sp³-hybridized carbons (Fsp3) is 0.200. The number of rotatable bonds is 5. The number of hydrogen-bond donors (Lipinski definition) is 2. The number of hydrogen-bond acceptors (Lipinski definition) is 5. The van der Waals surface area contributed by atoms with E-state index in [0.29, 0.717) is 18.8 Å². The molecular formula is C20H20N4O2. The van der Waals surface area contributed by atoms with Crippen LogP contribution in [-0.2, 0) is 4.79 Å². The van der Waals surface area contributed by atoms with Crippen LogP contribution < -0.4 is 15.4 Å². The highest BCUT2D eigenvalue weighted by molar-refractivity contribution is 5.97. The van der Waals surface area contributed by atoms with Crippen LogP contribution >= 0.6 is 0 Å². The number of piperazine rings is 1. The number of benzene rings is 2. The number of carbonyl (C=O) groups is 1. The van der Waals surface area contributed by atoms with Gasteiger partial charge in [-0.2, -0.15) is 5.26 Å². The van der Waals surface area contributed by atoms with Gasteiger partial charge in [-0.1, -0.05) is 18.2 Å². The molecule has 2 aromatic rings. The Labute approximate surface area is 152 Å². The van der Waals surface area contributed by atoms with Crippen molar-refractivity contribution in [3.05, 3.63) is 66.4 Å². The van der Waals surface area contributed by atoms with E-state index in [-0.39, 0.29) is 11.5 Å². The molecule has 2 N–H and O–H groups in total. The summed E-state index contributed by atoms with van der Waals surface area (Å²) in [6, 6.07) is 18.8. The molecule has 0 radical (unpaired) electrons. The average Bonchev–Trinajstić information content (AvgIpc) is 2.71. The van der Waals surface area contributed by atoms with Crippen molar-refractivity contribution < 1.29 is 9.53 Å². The molecule has 132 valence electrons. The third kappa shape index (κ3) is 4.62. The predicted molar refractivity (Wildman–Crippen MR) is 99.7 cm³/mol. The van der Waals surface area contributed by atoms with Gasteiger partial charge in [0.15, 0.2) is 0 Å². The van der Waals surface area contributed by atoms with Gasteiger partial charge in [0.1, 0.15) is 23.1 Å². The van der Waals surface area contributed by atoms with E-state index in [2.05, 4.69) is 10.6 Å². The fourth-order valence-electron chi connectivity index (χ4n) is 2.58. The van der Waals surface area contributed by atoms with E-state index in [1.165, 1.54) is 6.20 Å². The Morgan fingerprint density at radius 3 is 2.38 bits per heavy atom. The molecule has 1 heterocycles. The second-order valence-electron chi connectivity index (χ2n) is 5.80. The molecule has 6 heteroatoms. The van der Waals surface area contributed by atoms with Crippen LogP contribution in [-0.4, -0.2) is 37.0 Å². The van der Waals surface area contributed by atoms with Crippen molar-refractivity contribution in [1.29, 1.82) is 5.26 Å². The van der Waals surface area contributed by atoms with E-state index in [1.54, 1.807) is 4.90 Å². The molecule has 1 amide bonds. The third-order valence-electron chi connectivity index (χ3n) is 3.97. The number of nitrogens with zero attached hydrogens (tertiary/aromatic N) is 2. The molecule has 1 saturated heterocycles. The third-order valence-corrected chi connectivity index (χ3v) is 3.97. The molecular weight excluding hydrogens is 328 g/mol. The Balaban J connectivity index is 1.61. The summed E-state index contributed by atoms with van der Waals surface area (Å²) in [5.41, 5.74) is 0.864. The normalized spacial score (nSPS) is 14.4. The van der Waals surface area contributed by atoms with Crippen LogP contribution in [0, 0.1) is 11.3 Å². The summed E-state index contributed by atoms with van der Waals surface area (Å²) in [4.78, 5) is 14.0. The van der Waals surface area contributed by atoms with Crippen molar-refractivity contribution in [2.75, 3.05) is 31.5 Å². The molecule has 6 nitrogen and oxygen atoms in total. The highest BCUT2D eigenvalue weighted by atomic mass is 16.5. The van der Waals surface area contributed by atoms with E-state index >= 15 is 0 Å². The van der Waals surface area contributed by atoms with Gasteiger partial charge in [0, 0.05) is 38.1 Å². The largest absolute Gasteiger partial charge is 0.457 e. The van der Waals surface area contributed by atoms with Crippen LogP contribution in [0.15, 0.2) is 66.4 Å². The molecule has 2 aromatic carbocycles. The first-order chi connectivity index (χ1) is 12.8. The molecule has 0 spiro atoms. The molecule has 1 fully saturated rings. The van der Waals surface area contributed by atoms with Gasteiger partial charge in [0.25, 0.3) is 5.91 Å². The number of carbonyl (C=O) groups excluding carboxylic acids is 1. The first-order valence-corrected chi connectivity index (χ1v) is 8.46. The number of nitriles is 1. The maximum absolute atomic E-state index is 12.4. The SMILES string of the molecule is N#C/C(=C/Nc1ccc(Oc2ccccc2)cc1)C(=O)N1CCNCC1. The van der Waals surface area contributed by atoms with Crippen molar-refractivity contribution >= 4 is 11.6 Å². The van der Waals surface area contributed by atoms with Crippen molar-refractivity contribution in [3.63, 3.8) is 0 Å². The van der Waals surface area contributed by atoms with Gasteiger partial charge in [-0.05, 0) is 36.4 Å². The summed E-state index contributed by atoms with van der Waals surface area (Å²) < 4.78 is 5.74. The van der Waals surface area contributed by atoms with Gasteiger partial charge in [0.2, 0.25) is 0 Å². The monoisotopic (exact) mass is 348 g/mol. The van der Waals surface area contributed by atoms with Crippen LogP contribution in [0.4, 0.5) is 5.69 Å². The highest BCUT2D eigenvalue weighted by Crippen LogP contribution is 2.22. The molecule has 0 unspecified atom stereocenters. The summed E-state index contributed by atoms with van der Waals surface area (Å²) in [6.45, 7) is 2.73. The maximum atomic E-state index is 12.4. The quantitative estimate of drug-likeness (QED) is 0.642. The van der Waals surface area contributed by atoms with E-state index in [4.69, 9.17) is 4.74 Å². The number of amides is 1. The zero-order valence-corrected chi connectivity index (χ0v) is 14.3. The van der Waals surface area contributed by atoms with E-state index in [1.807, 2.05) is 60.7 Å². The first kappa shape index (κ1) is 17.5. The van der Waals surface area contributed by atoms with Crippen molar-refractivity contribution in [2.24, 2.45) is 0 Å². The van der Waals surface area contributed by atoms with Gasteiger partial charge in [-0.15, -0.1) is 0 Å². The minimum Gasteiger partial charge on any atom is -0.457 e. The molecule has 0 saturated carbocycles. The topological polar surface area (TPSA) is 77.4 Å². The summed E-state index contributed by atoms with van der Waals surface area (Å²) in [5.74, 6) is 1.23. The standard InChI is InChI=1S/C20H20N4O2/c21-14-16(20(25)24-12-10-22-11-13-24)15-23-17-6-8-19(9-7-17)26-18-4-2-1-3-5-18/h1-9,15,22-23H,10-13H2/b16-15-. The minimum absolute atomic E-state index is 0.0940. The highest BCUT2D eigenvalue weighted by Gasteiger charge is 2.19. The van der Waals surface area contributed by atoms with Crippen LogP contribution in [0.5, 0.6) is 11.5 Å². The van der Waals surface area contributed by atoms with Crippen LogP contribution in [0.3, 0.4) is 0 Å². The lowest BCUT2D eigenvalue weighted by Gasteiger charge is -2.27.